The standard InChI is InChI=1S/C16H20N4O5S/c1-4-17-16-19(5-2)15(22)13(26-16)9-14(21)18-11-7-6-10(25-3)8-12(11)20(23)24/h6-8,13H,4-5,9H2,1-3H3,(H,18,21). The Labute approximate surface area is 154 Å². The third-order valence-corrected chi connectivity index (χ3v) is 4.89. The van der Waals surface area contributed by atoms with Crippen molar-refractivity contribution < 1.29 is 19.2 Å². The van der Waals surface area contributed by atoms with Gasteiger partial charge in [-0.15, -0.1) is 0 Å². The minimum atomic E-state index is -0.599. The molecule has 9 nitrogen and oxygen atoms in total. The van der Waals surface area contributed by atoms with E-state index in [0.29, 0.717) is 24.0 Å². The number of benzene rings is 1. The molecule has 1 heterocycles. The normalized spacial score (nSPS) is 18.3. The lowest BCUT2D eigenvalue weighted by Crippen LogP contribution is -2.33. The summed E-state index contributed by atoms with van der Waals surface area (Å²) in [7, 11) is 1.40. The quantitative estimate of drug-likeness (QED) is 0.573. The van der Waals surface area contributed by atoms with Crippen molar-refractivity contribution in [1.29, 1.82) is 0 Å². The second kappa shape index (κ2) is 8.65. The van der Waals surface area contributed by atoms with Crippen molar-refractivity contribution in [3.63, 3.8) is 0 Å². The van der Waals surface area contributed by atoms with Crippen molar-refractivity contribution in [3.05, 3.63) is 28.3 Å². The topological polar surface area (TPSA) is 114 Å². The van der Waals surface area contributed by atoms with Crippen LogP contribution in [0.15, 0.2) is 23.2 Å². The zero-order valence-corrected chi connectivity index (χ0v) is 15.5. The predicted octanol–water partition coefficient (Wildman–Crippen LogP) is 2.27. The number of hydrogen-bond acceptors (Lipinski definition) is 7. The lowest BCUT2D eigenvalue weighted by Gasteiger charge is -2.13. The number of amidine groups is 1. The van der Waals surface area contributed by atoms with Crippen LogP contribution < -0.4 is 10.1 Å². The molecular formula is C16H20N4O5S. The molecule has 140 valence electrons. The molecule has 0 radical (unpaired) electrons. The van der Waals surface area contributed by atoms with E-state index in [1.165, 1.54) is 37.1 Å². The van der Waals surface area contributed by atoms with E-state index in [4.69, 9.17) is 4.74 Å². The van der Waals surface area contributed by atoms with Crippen molar-refractivity contribution in [2.45, 2.75) is 25.5 Å². The molecule has 1 N–H and O–H groups in total. The molecule has 0 aromatic heterocycles. The summed E-state index contributed by atoms with van der Waals surface area (Å²) in [6, 6.07) is 4.15. The maximum Gasteiger partial charge on any atom is 0.296 e. The van der Waals surface area contributed by atoms with Crippen LogP contribution in [-0.4, -0.2) is 52.3 Å². The molecule has 26 heavy (non-hydrogen) atoms. The molecule has 2 amide bonds. The number of methoxy groups -OCH3 is 1. The van der Waals surface area contributed by atoms with Gasteiger partial charge in [-0.3, -0.25) is 29.6 Å². The lowest BCUT2D eigenvalue weighted by molar-refractivity contribution is -0.384. The highest BCUT2D eigenvalue weighted by atomic mass is 32.2. The second-order valence-corrected chi connectivity index (χ2v) is 6.51. The number of nitro benzene ring substituents is 1. The Balaban J connectivity index is 2.11. The van der Waals surface area contributed by atoms with Gasteiger partial charge in [-0.25, -0.2) is 0 Å². The van der Waals surface area contributed by atoms with Gasteiger partial charge in [0.15, 0.2) is 5.17 Å². The molecule has 1 fully saturated rings. The van der Waals surface area contributed by atoms with E-state index < -0.39 is 16.1 Å². The summed E-state index contributed by atoms with van der Waals surface area (Å²) in [6.07, 6.45) is -0.0914. The number of ether oxygens (including phenoxy) is 1. The highest BCUT2D eigenvalue weighted by Crippen LogP contribution is 2.32. The van der Waals surface area contributed by atoms with Crippen LogP contribution in [0.1, 0.15) is 20.3 Å². The summed E-state index contributed by atoms with van der Waals surface area (Å²) in [5.41, 5.74) is -0.211. The number of anilines is 1. The molecule has 10 heteroatoms. The average molecular weight is 380 g/mol. The summed E-state index contributed by atoms with van der Waals surface area (Å²) in [6.45, 7) is 4.73. The number of amides is 2. The minimum Gasteiger partial charge on any atom is -0.496 e. The van der Waals surface area contributed by atoms with Gasteiger partial charge in [-0.05, 0) is 26.0 Å². The third-order valence-electron chi connectivity index (χ3n) is 3.68. The maximum absolute atomic E-state index is 12.4. The van der Waals surface area contributed by atoms with Gasteiger partial charge in [0.1, 0.15) is 16.7 Å². The Morgan fingerprint density at radius 1 is 1.46 bits per heavy atom. The fraction of sp³-hybridized carbons (Fsp3) is 0.438. The Morgan fingerprint density at radius 3 is 2.77 bits per heavy atom. The SMILES string of the molecule is CCN=C1SC(CC(=O)Nc2ccc(OC)cc2[N+](=O)[O-])C(=O)N1CC. The van der Waals surface area contributed by atoms with E-state index in [1.54, 1.807) is 4.90 Å². The molecule has 1 unspecified atom stereocenters. The zero-order chi connectivity index (χ0) is 19.3. The summed E-state index contributed by atoms with van der Waals surface area (Å²) >= 11 is 1.24. The molecule has 0 bridgehead atoms. The van der Waals surface area contributed by atoms with Gasteiger partial charge >= 0.3 is 0 Å². The van der Waals surface area contributed by atoms with E-state index in [9.17, 15) is 19.7 Å². The fourth-order valence-corrected chi connectivity index (χ4v) is 3.72. The van der Waals surface area contributed by atoms with E-state index in [1.807, 2.05) is 13.8 Å². The van der Waals surface area contributed by atoms with Crippen molar-refractivity contribution in [2.24, 2.45) is 4.99 Å². The lowest BCUT2D eigenvalue weighted by atomic mass is 10.2. The zero-order valence-electron chi connectivity index (χ0n) is 14.7. The second-order valence-electron chi connectivity index (χ2n) is 5.34. The predicted molar refractivity (Wildman–Crippen MR) is 99.6 cm³/mol. The van der Waals surface area contributed by atoms with E-state index in [-0.39, 0.29) is 23.7 Å². The molecule has 1 saturated heterocycles. The summed E-state index contributed by atoms with van der Waals surface area (Å²) in [5, 5.41) is 13.7. The molecule has 0 aliphatic carbocycles. The van der Waals surface area contributed by atoms with Crippen LogP contribution in [-0.2, 0) is 9.59 Å². The Hall–Kier alpha value is -2.62. The Morgan fingerprint density at radius 2 is 2.19 bits per heavy atom. The van der Waals surface area contributed by atoms with Crippen LogP contribution in [0.25, 0.3) is 0 Å². The molecule has 0 spiro atoms. The first-order chi connectivity index (χ1) is 12.4. The first kappa shape index (κ1) is 19.7. The maximum atomic E-state index is 12.4. The van der Waals surface area contributed by atoms with Crippen molar-refractivity contribution in [3.8, 4) is 5.75 Å². The molecule has 1 aliphatic heterocycles. The molecule has 1 aromatic carbocycles. The van der Waals surface area contributed by atoms with Gasteiger partial charge in [-0.2, -0.15) is 0 Å². The van der Waals surface area contributed by atoms with E-state index >= 15 is 0 Å². The first-order valence-corrected chi connectivity index (χ1v) is 8.93. The van der Waals surface area contributed by atoms with Gasteiger partial charge < -0.3 is 10.1 Å². The van der Waals surface area contributed by atoms with E-state index in [0.717, 1.165) is 0 Å². The minimum absolute atomic E-state index is 0.0612. The van der Waals surface area contributed by atoms with Crippen LogP contribution in [0, 0.1) is 10.1 Å². The van der Waals surface area contributed by atoms with Crippen LogP contribution >= 0.6 is 11.8 Å². The Bertz CT molecular complexity index is 752. The highest BCUT2D eigenvalue weighted by Gasteiger charge is 2.38. The third kappa shape index (κ3) is 4.31. The molecule has 1 aromatic rings. The number of aliphatic imine (C=N–C) groups is 1. The number of carbonyl (C=O) groups excluding carboxylic acids is 2. The number of carbonyl (C=O) groups is 2. The van der Waals surface area contributed by atoms with Gasteiger partial charge in [0.05, 0.1) is 18.1 Å². The molecular weight excluding hydrogens is 360 g/mol. The Kier molecular flexibility index (Phi) is 6.56. The number of nitrogens with zero attached hydrogens (tertiary/aromatic N) is 3. The summed E-state index contributed by atoms with van der Waals surface area (Å²) < 4.78 is 4.96. The first-order valence-electron chi connectivity index (χ1n) is 8.06. The van der Waals surface area contributed by atoms with Gasteiger partial charge in [0.25, 0.3) is 5.69 Å². The number of thioether (sulfide) groups is 1. The monoisotopic (exact) mass is 380 g/mol. The van der Waals surface area contributed by atoms with Crippen LogP contribution in [0.2, 0.25) is 0 Å². The van der Waals surface area contributed by atoms with E-state index in [2.05, 4.69) is 10.3 Å². The van der Waals surface area contributed by atoms with Crippen molar-refractivity contribution in [2.75, 3.05) is 25.5 Å². The smallest absolute Gasteiger partial charge is 0.296 e. The largest absolute Gasteiger partial charge is 0.496 e. The summed E-state index contributed by atoms with van der Waals surface area (Å²) in [4.78, 5) is 41.1. The van der Waals surface area contributed by atoms with Crippen LogP contribution in [0.4, 0.5) is 11.4 Å². The van der Waals surface area contributed by atoms with Crippen LogP contribution in [0.5, 0.6) is 5.75 Å². The molecule has 2 rings (SSSR count). The van der Waals surface area contributed by atoms with Gasteiger partial charge in [0, 0.05) is 19.5 Å². The number of hydrogen-bond donors (Lipinski definition) is 1. The average Bonchev–Trinajstić information content (AvgIpc) is 2.90. The molecule has 1 atom stereocenters. The summed E-state index contributed by atoms with van der Waals surface area (Å²) in [5.74, 6) is -0.336. The number of nitrogens with one attached hydrogen (secondary N) is 1. The van der Waals surface area contributed by atoms with Crippen LogP contribution in [0.3, 0.4) is 0 Å². The number of rotatable bonds is 7. The number of nitro groups is 1. The van der Waals surface area contributed by atoms with Crippen molar-refractivity contribution >= 4 is 40.1 Å². The molecule has 0 saturated carbocycles. The van der Waals surface area contributed by atoms with Crippen molar-refractivity contribution in [1.82, 2.24) is 4.90 Å². The molecule has 1 aliphatic rings. The van der Waals surface area contributed by atoms with Gasteiger partial charge in [-0.1, -0.05) is 11.8 Å². The fourth-order valence-electron chi connectivity index (χ4n) is 2.45. The highest BCUT2D eigenvalue weighted by molar-refractivity contribution is 8.15. The van der Waals surface area contributed by atoms with Gasteiger partial charge in [0.2, 0.25) is 11.8 Å².